The summed E-state index contributed by atoms with van der Waals surface area (Å²) in [5, 5.41) is 12.4. The highest BCUT2D eigenvalue weighted by molar-refractivity contribution is 5.89. The largest absolute Gasteiger partial charge is 0.391 e. The summed E-state index contributed by atoms with van der Waals surface area (Å²) >= 11 is 0. The van der Waals surface area contributed by atoms with Crippen molar-refractivity contribution >= 4 is 17.5 Å². The zero-order valence-corrected chi connectivity index (χ0v) is 12.7. The van der Waals surface area contributed by atoms with Gasteiger partial charge in [-0.15, -0.1) is 0 Å². The number of piperidine rings is 1. The van der Waals surface area contributed by atoms with Crippen LogP contribution in [0.15, 0.2) is 18.3 Å². The highest BCUT2D eigenvalue weighted by atomic mass is 16.3. The third kappa shape index (κ3) is 4.07. The van der Waals surface area contributed by atoms with Gasteiger partial charge in [0, 0.05) is 26.2 Å². The van der Waals surface area contributed by atoms with Crippen LogP contribution >= 0.6 is 0 Å². The Hall–Kier alpha value is -1.82. The van der Waals surface area contributed by atoms with Crippen LogP contribution in [0.2, 0.25) is 0 Å². The predicted octanol–water partition coefficient (Wildman–Crippen LogP) is 1.92. The smallest absolute Gasteiger partial charge is 0.321 e. The van der Waals surface area contributed by atoms with Gasteiger partial charge in [0.1, 0.15) is 5.82 Å². The minimum atomic E-state index is -0.410. The highest BCUT2D eigenvalue weighted by Crippen LogP contribution is 2.16. The van der Waals surface area contributed by atoms with Crippen molar-refractivity contribution in [1.29, 1.82) is 0 Å². The van der Waals surface area contributed by atoms with Gasteiger partial charge in [0.2, 0.25) is 0 Å². The van der Waals surface area contributed by atoms with Crippen LogP contribution in [0.3, 0.4) is 0 Å². The molecule has 0 saturated carbocycles. The van der Waals surface area contributed by atoms with Crippen LogP contribution in [0.25, 0.3) is 0 Å². The molecule has 0 radical (unpaired) electrons. The molecule has 6 nitrogen and oxygen atoms in total. The summed E-state index contributed by atoms with van der Waals surface area (Å²) in [6.45, 7) is 7.07. The Morgan fingerprint density at radius 2 is 2.24 bits per heavy atom. The topological polar surface area (TPSA) is 68.7 Å². The molecule has 1 unspecified atom stereocenters. The van der Waals surface area contributed by atoms with E-state index < -0.39 is 6.10 Å². The van der Waals surface area contributed by atoms with Gasteiger partial charge in [0.25, 0.3) is 0 Å². The molecular weight excluding hydrogens is 268 g/mol. The van der Waals surface area contributed by atoms with E-state index in [1.54, 1.807) is 11.1 Å². The van der Waals surface area contributed by atoms with Crippen molar-refractivity contribution in [2.75, 3.05) is 36.4 Å². The van der Waals surface area contributed by atoms with Crippen LogP contribution in [0, 0.1) is 0 Å². The molecule has 2 heterocycles. The van der Waals surface area contributed by atoms with Gasteiger partial charge in [-0.05, 0) is 38.8 Å². The summed E-state index contributed by atoms with van der Waals surface area (Å²) in [5.74, 6) is 0.909. The maximum atomic E-state index is 12.1. The number of hydrogen-bond donors (Lipinski definition) is 2. The van der Waals surface area contributed by atoms with Crippen molar-refractivity contribution in [2.24, 2.45) is 0 Å². The van der Waals surface area contributed by atoms with Crippen LogP contribution in [0.4, 0.5) is 16.3 Å². The van der Waals surface area contributed by atoms with Gasteiger partial charge < -0.3 is 20.2 Å². The number of aromatic nitrogens is 1. The van der Waals surface area contributed by atoms with E-state index in [0.29, 0.717) is 18.8 Å². The zero-order valence-electron chi connectivity index (χ0n) is 12.7. The fourth-order valence-corrected chi connectivity index (χ4v) is 2.54. The van der Waals surface area contributed by atoms with E-state index in [1.165, 1.54) is 0 Å². The Morgan fingerprint density at radius 1 is 1.48 bits per heavy atom. The molecule has 1 aromatic heterocycles. The first-order valence-corrected chi connectivity index (χ1v) is 7.59. The number of likely N-dealkylation sites (tertiary alicyclic amines) is 1. The molecule has 0 spiro atoms. The van der Waals surface area contributed by atoms with Crippen molar-refractivity contribution in [2.45, 2.75) is 32.8 Å². The predicted molar refractivity (Wildman–Crippen MR) is 83.6 cm³/mol. The fraction of sp³-hybridized carbons (Fsp3) is 0.600. The van der Waals surface area contributed by atoms with Crippen molar-refractivity contribution in [3.8, 4) is 0 Å². The van der Waals surface area contributed by atoms with E-state index >= 15 is 0 Å². The van der Waals surface area contributed by atoms with E-state index in [2.05, 4.69) is 29.0 Å². The molecule has 1 aliphatic heterocycles. The number of amides is 2. The molecule has 1 aliphatic rings. The number of hydrogen-bond acceptors (Lipinski definition) is 4. The Balaban J connectivity index is 1.95. The van der Waals surface area contributed by atoms with Crippen LogP contribution in [-0.4, -0.2) is 53.3 Å². The number of carbonyl (C=O) groups excluding carboxylic acids is 1. The lowest BCUT2D eigenvalue weighted by Gasteiger charge is -2.30. The monoisotopic (exact) mass is 292 g/mol. The Morgan fingerprint density at radius 3 is 2.81 bits per heavy atom. The molecular formula is C15H24N4O2. The summed E-state index contributed by atoms with van der Waals surface area (Å²) in [6.07, 6.45) is 2.87. The van der Waals surface area contributed by atoms with E-state index in [9.17, 15) is 9.90 Å². The van der Waals surface area contributed by atoms with Crippen molar-refractivity contribution in [3.05, 3.63) is 18.3 Å². The lowest BCUT2D eigenvalue weighted by Crippen LogP contribution is -2.44. The summed E-state index contributed by atoms with van der Waals surface area (Å²) in [7, 11) is 0. The molecule has 0 aliphatic carbocycles. The number of β-amino-alcohol motifs (C(OH)–C–C–N with tert-alkyl or cyclic N) is 1. The lowest BCUT2D eigenvalue weighted by molar-refractivity contribution is 0.0883. The second-order valence-electron chi connectivity index (χ2n) is 5.25. The molecule has 0 aromatic carbocycles. The number of anilines is 2. The van der Waals surface area contributed by atoms with Gasteiger partial charge in [0.15, 0.2) is 0 Å². The standard InChI is InChI=1S/C15H24N4O2/c1-3-18(4-2)14-8-7-12(10-16-14)17-15(21)19-9-5-6-13(20)11-19/h7-8,10,13,20H,3-6,9,11H2,1-2H3,(H,17,21). The maximum Gasteiger partial charge on any atom is 0.321 e. The van der Waals surface area contributed by atoms with Crippen molar-refractivity contribution in [1.82, 2.24) is 9.88 Å². The Labute approximate surface area is 125 Å². The van der Waals surface area contributed by atoms with Crippen LogP contribution < -0.4 is 10.2 Å². The first kappa shape index (κ1) is 15.6. The van der Waals surface area contributed by atoms with Crippen LogP contribution in [0.5, 0.6) is 0 Å². The zero-order chi connectivity index (χ0) is 15.2. The maximum absolute atomic E-state index is 12.1. The average molecular weight is 292 g/mol. The molecule has 21 heavy (non-hydrogen) atoms. The van der Waals surface area contributed by atoms with E-state index in [1.807, 2.05) is 12.1 Å². The molecule has 6 heteroatoms. The van der Waals surface area contributed by atoms with Crippen LogP contribution in [0.1, 0.15) is 26.7 Å². The number of rotatable bonds is 4. The van der Waals surface area contributed by atoms with Gasteiger partial charge in [0.05, 0.1) is 18.0 Å². The van der Waals surface area contributed by atoms with Gasteiger partial charge in [-0.2, -0.15) is 0 Å². The second-order valence-corrected chi connectivity index (χ2v) is 5.25. The first-order chi connectivity index (χ1) is 10.1. The van der Waals surface area contributed by atoms with Gasteiger partial charge in [-0.1, -0.05) is 0 Å². The number of aliphatic hydroxyl groups is 1. The third-order valence-corrected chi connectivity index (χ3v) is 3.77. The number of nitrogens with one attached hydrogen (secondary N) is 1. The molecule has 116 valence electrons. The lowest BCUT2D eigenvalue weighted by atomic mass is 10.1. The number of aliphatic hydroxyl groups excluding tert-OH is 1. The minimum absolute atomic E-state index is 0.175. The Bertz CT molecular complexity index is 459. The minimum Gasteiger partial charge on any atom is -0.391 e. The third-order valence-electron chi connectivity index (χ3n) is 3.77. The second kappa shape index (κ2) is 7.26. The molecule has 2 N–H and O–H groups in total. The molecule has 0 bridgehead atoms. The number of carbonyl (C=O) groups is 1. The summed E-state index contributed by atoms with van der Waals surface area (Å²) in [5.41, 5.74) is 0.677. The molecule has 2 rings (SSSR count). The molecule has 1 fully saturated rings. The molecule has 1 saturated heterocycles. The normalized spacial score (nSPS) is 18.4. The SMILES string of the molecule is CCN(CC)c1ccc(NC(=O)N2CCCC(O)C2)cn1. The van der Waals surface area contributed by atoms with E-state index in [4.69, 9.17) is 0 Å². The molecule has 2 amide bonds. The quantitative estimate of drug-likeness (QED) is 0.889. The van der Waals surface area contributed by atoms with Gasteiger partial charge >= 0.3 is 6.03 Å². The van der Waals surface area contributed by atoms with Gasteiger partial charge in [-0.3, -0.25) is 0 Å². The molecule has 1 atom stereocenters. The Kier molecular flexibility index (Phi) is 5.38. The van der Waals surface area contributed by atoms with Gasteiger partial charge in [-0.25, -0.2) is 9.78 Å². The summed E-state index contributed by atoms with van der Waals surface area (Å²) in [6, 6.07) is 3.60. The number of pyridine rings is 1. The van der Waals surface area contributed by atoms with E-state index in [-0.39, 0.29) is 6.03 Å². The molecule has 1 aromatic rings. The highest BCUT2D eigenvalue weighted by Gasteiger charge is 2.22. The summed E-state index contributed by atoms with van der Waals surface area (Å²) in [4.78, 5) is 20.3. The van der Waals surface area contributed by atoms with Crippen LogP contribution in [-0.2, 0) is 0 Å². The number of nitrogens with zero attached hydrogens (tertiary/aromatic N) is 3. The van der Waals surface area contributed by atoms with E-state index in [0.717, 1.165) is 31.7 Å². The fourth-order valence-electron chi connectivity index (χ4n) is 2.54. The van der Waals surface area contributed by atoms with Crippen molar-refractivity contribution < 1.29 is 9.90 Å². The summed E-state index contributed by atoms with van der Waals surface area (Å²) < 4.78 is 0. The first-order valence-electron chi connectivity index (χ1n) is 7.59. The van der Waals surface area contributed by atoms with Crippen molar-refractivity contribution in [3.63, 3.8) is 0 Å². The number of urea groups is 1. The average Bonchev–Trinajstić information content (AvgIpc) is 2.50.